The highest BCUT2D eigenvalue weighted by molar-refractivity contribution is 4.96. The average Bonchev–Trinajstić information content (AvgIpc) is 2.81. The molecule has 4 unspecified atom stereocenters. The third-order valence-corrected chi connectivity index (χ3v) is 3.09. The Kier molecular flexibility index (Phi) is 4.61. The quantitative estimate of drug-likeness (QED) is 0.690. The Morgan fingerprint density at radius 3 is 2.22 bits per heavy atom. The van der Waals surface area contributed by atoms with Gasteiger partial charge >= 0.3 is 0 Å². The van der Waals surface area contributed by atoms with E-state index >= 15 is 0 Å². The second-order valence-corrected chi connectivity index (χ2v) is 5.77. The van der Waals surface area contributed by atoms with E-state index in [1.165, 1.54) is 0 Å². The molecule has 2 heterocycles. The summed E-state index contributed by atoms with van der Waals surface area (Å²) in [6.07, 6.45) is -0.00396. The van der Waals surface area contributed by atoms with Crippen LogP contribution in [0.5, 0.6) is 0 Å². The normalized spacial score (nSPS) is 36.0. The van der Waals surface area contributed by atoms with E-state index in [1.54, 1.807) is 7.11 Å². The Hall–Kier alpha value is -0.200. The minimum Gasteiger partial charge on any atom is -0.382 e. The molecule has 5 heteroatoms. The van der Waals surface area contributed by atoms with Crippen LogP contribution < -0.4 is 0 Å². The Morgan fingerprint density at radius 2 is 1.61 bits per heavy atom. The summed E-state index contributed by atoms with van der Waals surface area (Å²) in [5.74, 6) is 0. The maximum absolute atomic E-state index is 5.96. The van der Waals surface area contributed by atoms with Gasteiger partial charge in [0.15, 0.2) is 0 Å². The number of hydrogen-bond acceptors (Lipinski definition) is 5. The number of rotatable bonds is 5. The van der Waals surface area contributed by atoms with E-state index < -0.39 is 0 Å². The van der Waals surface area contributed by atoms with E-state index in [-0.39, 0.29) is 30.0 Å². The average molecular weight is 260 g/mol. The molecule has 2 saturated heterocycles. The zero-order valence-electron chi connectivity index (χ0n) is 11.7. The maximum atomic E-state index is 5.96. The highest BCUT2D eigenvalue weighted by atomic mass is 16.6. The van der Waals surface area contributed by atoms with Gasteiger partial charge in [0, 0.05) is 7.11 Å². The number of fused-ring (bicyclic) bond motifs is 1. The number of ether oxygens (including phenoxy) is 5. The summed E-state index contributed by atoms with van der Waals surface area (Å²) in [5, 5.41) is 0. The highest BCUT2D eigenvalue weighted by Gasteiger charge is 2.49. The Labute approximate surface area is 109 Å². The van der Waals surface area contributed by atoms with Gasteiger partial charge in [-0.25, -0.2) is 0 Å². The standard InChI is InChI=1S/C13H24O5/c1-13(2,3)18-10-8-17-11-9(7-16-12(10)11)15-6-5-14-4/h9-12H,5-8H2,1-4H3. The van der Waals surface area contributed by atoms with Crippen molar-refractivity contribution in [2.45, 2.75) is 50.8 Å². The minimum absolute atomic E-state index is 0.00119. The summed E-state index contributed by atoms with van der Waals surface area (Å²) in [6, 6.07) is 0. The molecule has 0 aromatic rings. The van der Waals surface area contributed by atoms with Crippen LogP contribution in [0, 0.1) is 0 Å². The van der Waals surface area contributed by atoms with Gasteiger partial charge in [0.25, 0.3) is 0 Å². The molecule has 5 nitrogen and oxygen atoms in total. The van der Waals surface area contributed by atoms with Crippen LogP contribution >= 0.6 is 0 Å². The zero-order chi connectivity index (χ0) is 13.2. The third kappa shape index (κ3) is 3.42. The summed E-state index contributed by atoms with van der Waals surface area (Å²) in [6.45, 7) is 8.45. The van der Waals surface area contributed by atoms with Gasteiger partial charge in [-0.3, -0.25) is 0 Å². The molecule has 106 valence electrons. The van der Waals surface area contributed by atoms with Crippen molar-refractivity contribution in [1.82, 2.24) is 0 Å². The summed E-state index contributed by atoms with van der Waals surface area (Å²) < 4.78 is 28.2. The lowest BCUT2D eigenvalue weighted by Gasteiger charge is -2.26. The van der Waals surface area contributed by atoms with Crippen LogP contribution in [0.2, 0.25) is 0 Å². The molecule has 0 bridgehead atoms. The maximum Gasteiger partial charge on any atom is 0.115 e. The van der Waals surface area contributed by atoms with Crippen LogP contribution in [-0.4, -0.2) is 63.6 Å². The smallest absolute Gasteiger partial charge is 0.115 e. The van der Waals surface area contributed by atoms with Crippen molar-refractivity contribution in [3.05, 3.63) is 0 Å². The van der Waals surface area contributed by atoms with E-state index in [0.29, 0.717) is 26.4 Å². The van der Waals surface area contributed by atoms with Gasteiger partial charge in [-0.15, -0.1) is 0 Å². The summed E-state index contributed by atoms with van der Waals surface area (Å²) in [4.78, 5) is 0. The molecular formula is C13H24O5. The molecule has 0 spiro atoms. The van der Waals surface area contributed by atoms with E-state index in [2.05, 4.69) is 0 Å². The molecule has 2 rings (SSSR count). The minimum atomic E-state index is -0.179. The predicted molar refractivity (Wildman–Crippen MR) is 65.7 cm³/mol. The van der Waals surface area contributed by atoms with Crippen molar-refractivity contribution in [3.8, 4) is 0 Å². The molecule has 4 atom stereocenters. The third-order valence-electron chi connectivity index (χ3n) is 3.09. The molecule has 2 fully saturated rings. The molecule has 2 aliphatic rings. The van der Waals surface area contributed by atoms with Crippen molar-refractivity contribution in [2.24, 2.45) is 0 Å². The Bertz CT molecular complexity index is 263. The summed E-state index contributed by atoms with van der Waals surface area (Å²) in [7, 11) is 1.66. The predicted octanol–water partition coefficient (Wildman–Crippen LogP) is 0.999. The summed E-state index contributed by atoms with van der Waals surface area (Å²) >= 11 is 0. The second-order valence-electron chi connectivity index (χ2n) is 5.77. The van der Waals surface area contributed by atoms with Crippen molar-refractivity contribution in [1.29, 1.82) is 0 Å². The van der Waals surface area contributed by atoms with Gasteiger partial charge < -0.3 is 23.7 Å². The molecule has 0 aromatic heterocycles. The molecule has 2 aliphatic heterocycles. The molecule has 0 radical (unpaired) electrons. The van der Waals surface area contributed by atoms with Crippen LogP contribution in [0.3, 0.4) is 0 Å². The van der Waals surface area contributed by atoms with Gasteiger partial charge in [0.2, 0.25) is 0 Å². The fourth-order valence-electron chi connectivity index (χ4n) is 2.41. The van der Waals surface area contributed by atoms with Crippen LogP contribution in [0.25, 0.3) is 0 Å². The fraction of sp³-hybridized carbons (Fsp3) is 1.00. The van der Waals surface area contributed by atoms with Gasteiger partial charge in [0.05, 0.1) is 32.0 Å². The van der Waals surface area contributed by atoms with Gasteiger partial charge in [-0.1, -0.05) is 0 Å². The van der Waals surface area contributed by atoms with Crippen molar-refractivity contribution < 1.29 is 23.7 Å². The van der Waals surface area contributed by atoms with Crippen molar-refractivity contribution in [3.63, 3.8) is 0 Å². The molecule has 0 aliphatic carbocycles. The van der Waals surface area contributed by atoms with E-state index in [4.69, 9.17) is 23.7 Å². The molecule has 0 saturated carbocycles. The first-order valence-electron chi connectivity index (χ1n) is 6.53. The lowest BCUT2D eigenvalue weighted by molar-refractivity contribution is -0.106. The van der Waals surface area contributed by atoms with E-state index in [9.17, 15) is 0 Å². The lowest BCUT2D eigenvalue weighted by atomic mass is 10.1. The van der Waals surface area contributed by atoms with Gasteiger partial charge in [-0.2, -0.15) is 0 Å². The largest absolute Gasteiger partial charge is 0.382 e. The van der Waals surface area contributed by atoms with Crippen molar-refractivity contribution >= 4 is 0 Å². The molecular weight excluding hydrogens is 236 g/mol. The van der Waals surface area contributed by atoms with E-state index in [0.717, 1.165) is 0 Å². The first-order valence-corrected chi connectivity index (χ1v) is 6.53. The summed E-state index contributed by atoms with van der Waals surface area (Å²) in [5.41, 5.74) is -0.179. The zero-order valence-corrected chi connectivity index (χ0v) is 11.7. The Morgan fingerprint density at radius 1 is 1.00 bits per heavy atom. The Balaban J connectivity index is 1.83. The highest BCUT2D eigenvalue weighted by Crippen LogP contribution is 2.32. The van der Waals surface area contributed by atoms with Crippen LogP contribution in [-0.2, 0) is 23.7 Å². The van der Waals surface area contributed by atoms with E-state index in [1.807, 2.05) is 20.8 Å². The van der Waals surface area contributed by atoms with Gasteiger partial charge in [-0.05, 0) is 20.8 Å². The fourth-order valence-corrected chi connectivity index (χ4v) is 2.41. The molecule has 0 aromatic carbocycles. The van der Waals surface area contributed by atoms with Crippen LogP contribution in [0.15, 0.2) is 0 Å². The van der Waals surface area contributed by atoms with Crippen LogP contribution in [0.4, 0.5) is 0 Å². The first-order chi connectivity index (χ1) is 8.51. The SMILES string of the molecule is COCCOC1COC2C(OC(C)(C)C)COC12. The molecule has 18 heavy (non-hydrogen) atoms. The molecule has 0 N–H and O–H groups in total. The number of hydrogen-bond donors (Lipinski definition) is 0. The van der Waals surface area contributed by atoms with Gasteiger partial charge in [0.1, 0.15) is 24.4 Å². The second kappa shape index (κ2) is 5.84. The number of methoxy groups -OCH3 is 1. The molecule has 0 amide bonds. The lowest BCUT2D eigenvalue weighted by Crippen LogP contribution is -2.38. The topological polar surface area (TPSA) is 46.2 Å². The van der Waals surface area contributed by atoms with Crippen molar-refractivity contribution in [2.75, 3.05) is 33.5 Å². The van der Waals surface area contributed by atoms with Crippen LogP contribution in [0.1, 0.15) is 20.8 Å². The monoisotopic (exact) mass is 260 g/mol. The first kappa shape index (κ1) is 14.2.